The molecule has 1 saturated heterocycles. The summed E-state index contributed by atoms with van der Waals surface area (Å²) in [6, 6.07) is 5.55. The monoisotopic (exact) mass is 245 g/mol. The number of aldehydes is 1. The van der Waals surface area contributed by atoms with E-state index < -0.39 is 0 Å². The van der Waals surface area contributed by atoms with Gasteiger partial charge in [0.15, 0.2) is 0 Å². The van der Waals surface area contributed by atoms with Crippen molar-refractivity contribution in [2.24, 2.45) is 0 Å². The molecule has 0 unspecified atom stereocenters. The van der Waals surface area contributed by atoms with Gasteiger partial charge in [-0.05, 0) is 18.2 Å². The Morgan fingerprint density at radius 1 is 1.39 bits per heavy atom. The summed E-state index contributed by atoms with van der Waals surface area (Å²) in [6.45, 7) is 4.27. The first kappa shape index (κ1) is 11.4. The van der Waals surface area contributed by atoms with Gasteiger partial charge in [-0.2, -0.15) is 5.10 Å². The molecule has 1 aliphatic rings. The fraction of sp³-hybridized carbons (Fsp3) is 0.385. The summed E-state index contributed by atoms with van der Waals surface area (Å²) in [4.78, 5) is 13.1. The predicted molar refractivity (Wildman–Crippen MR) is 67.6 cm³/mol. The second kappa shape index (κ2) is 4.88. The first-order valence-corrected chi connectivity index (χ1v) is 6.09. The molecule has 1 N–H and O–H groups in total. The summed E-state index contributed by atoms with van der Waals surface area (Å²) in [5.41, 5.74) is 2.66. The number of benzene rings is 1. The van der Waals surface area contributed by atoms with E-state index in [1.807, 2.05) is 12.1 Å². The van der Waals surface area contributed by atoms with Crippen LogP contribution >= 0.6 is 0 Å². The van der Waals surface area contributed by atoms with E-state index in [1.165, 1.54) is 0 Å². The van der Waals surface area contributed by atoms with Crippen molar-refractivity contribution in [3.05, 3.63) is 29.5 Å². The minimum atomic E-state index is 0.687. The average molecular weight is 245 g/mol. The highest BCUT2D eigenvalue weighted by atomic mass is 16.5. The summed E-state index contributed by atoms with van der Waals surface area (Å²) >= 11 is 0. The van der Waals surface area contributed by atoms with Crippen molar-refractivity contribution in [1.82, 2.24) is 15.1 Å². The van der Waals surface area contributed by atoms with Crippen molar-refractivity contribution in [3.63, 3.8) is 0 Å². The quantitative estimate of drug-likeness (QED) is 0.826. The van der Waals surface area contributed by atoms with Crippen LogP contribution in [0.1, 0.15) is 16.1 Å². The van der Waals surface area contributed by atoms with Crippen LogP contribution in [0, 0.1) is 0 Å². The molecule has 0 atom stereocenters. The van der Waals surface area contributed by atoms with Gasteiger partial charge in [-0.1, -0.05) is 0 Å². The second-order valence-corrected chi connectivity index (χ2v) is 4.49. The van der Waals surface area contributed by atoms with Gasteiger partial charge in [0.1, 0.15) is 6.29 Å². The molecular weight excluding hydrogens is 230 g/mol. The summed E-state index contributed by atoms with van der Waals surface area (Å²) in [5, 5.41) is 8.36. The number of fused-ring (bicyclic) bond motifs is 1. The van der Waals surface area contributed by atoms with Gasteiger partial charge in [0.05, 0.1) is 24.4 Å². The molecule has 94 valence electrons. The van der Waals surface area contributed by atoms with Crippen molar-refractivity contribution in [3.8, 4) is 0 Å². The standard InChI is InChI=1S/C13H15N3O2/c17-9-10-1-2-12-11(7-10)13(15-14-12)8-16-3-5-18-6-4-16/h1-2,7,9H,3-6,8H2,(H,14,15). The lowest BCUT2D eigenvalue weighted by atomic mass is 10.1. The van der Waals surface area contributed by atoms with Gasteiger partial charge >= 0.3 is 0 Å². The molecule has 1 aromatic heterocycles. The molecule has 1 fully saturated rings. The average Bonchev–Trinajstić information content (AvgIpc) is 2.82. The molecule has 0 saturated carbocycles. The lowest BCUT2D eigenvalue weighted by molar-refractivity contribution is 0.0338. The molecule has 0 radical (unpaired) electrons. The third-order valence-electron chi connectivity index (χ3n) is 3.28. The normalized spacial score (nSPS) is 17.1. The molecule has 18 heavy (non-hydrogen) atoms. The molecule has 5 nitrogen and oxygen atoms in total. The molecule has 2 heterocycles. The van der Waals surface area contributed by atoms with Crippen LogP contribution in [0.4, 0.5) is 0 Å². The highest BCUT2D eigenvalue weighted by Crippen LogP contribution is 2.19. The third kappa shape index (κ3) is 2.14. The Hall–Kier alpha value is -1.72. The smallest absolute Gasteiger partial charge is 0.150 e. The summed E-state index contributed by atoms with van der Waals surface area (Å²) in [5.74, 6) is 0. The van der Waals surface area contributed by atoms with Crippen molar-refractivity contribution in [2.75, 3.05) is 26.3 Å². The first-order chi connectivity index (χ1) is 8.86. The molecule has 0 bridgehead atoms. The van der Waals surface area contributed by atoms with Gasteiger partial charge < -0.3 is 4.74 Å². The molecule has 3 rings (SSSR count). The van der Waals surface area contributed by atoms with E-state index in [2.05, 4.69) is 15.1 Å². The number of H-pyrrole nitrogens is 1. The number of morpholine rings is 1. The Morgan fingerprint density at radius 3 is 3.00 bits per heavy atom. The number of hydrogen-bond donors (Lipinski definition) is 1. The summed E-state index contributed by atoms with van der Waals surface area (Å²) in [7, 11) is 0. The van der Waals surface area contributed by atoms with E-state index in [-0.39, 0.29) is 0 Å². The number of carbonyl (C=O) groups is 1. The van der Waals surface area contributed by atoms with Crippen molar-refractivity contribution in [2.45, 2.75) is 6.54 Å². The SMILES string of the molecule is O=Cc1ccc2n[nH]c(CN3CCOCC3)c2c1. The van der Waals surface area contributed by atoms with Gasteiger partial charge in [0, 0.05) is 30.6 Å². The fourth-order valence-electron chi connectivity index (χ4n) is 2.26. The number of nitrogens with one attached hydrogen (secondary N) is 1. The Balaban J connectivity index is 1.88. The molecule has 0 aliphatic carbocycles. The van der Waals surface area contributed by atoms with Gasteiger partial charge in [-0.15, -0.1) is 0 Å². The number of aromatic nitrogens is 2. The Bertz CT molecular complexity index is 558. The lowest BCUT2D eigenvalue weighted by Gasteiger charge is -2.25. The fourth-order valence-corrected chi connectivity index (χ4v) is 2.26. The third-order valence-corrected chi connectivity index (χ3v) is 3.28. The predicted octanol–water partition coefficient (Wildman–Crippen LogP) is 1.21. The van der Waals surface area contributed by atoms with Crippen LogP contribution in [-0.4, -0.2) is 47.7 Å². The molecule has 5 heteroatoms. The zero-order valence-electron chi connectivity index (χ0n) is 10.1. The van der Waals surface area contributed by atoms with E-state index in [9.17, 15) is 4.79 Å². The maximum atomic E-state index is 10.8. The van der Waals surface area contributed by atoms with Crippen LogP contribution in [0.15, 0.2) is 18.2 Å². The van der Waals surface area contributed by atoms with E-state index in [1.54, 1.807) is 6.07 Å². The van der Waals surface area contributed by atoms with E-state index in [4.69, 9.17) is 4.74 Å². The Labute approximate surface area is 105 Å². The van der Waals surface area contributed by atoms with Crippen molar-refractivity contribution in [1.29, 1.82) is 0 Å². The summed E-state index contributed by atoms with van der Waals surface area (Å²) < 4.78 is 5.33. The zero-order chi connectivity index (χ0) is 12.4. The van der Waals surface area contributed by atoms with E-state index >= 15 is 0 Å². The Kier molecular flexibility index (Phi) is 3.08. The van der Waals surface area contributed by atoms with Gasteiger partial charge in [0.25, 0.3) is 0 Å². The van der Waals surface area contributed by atoms with Crippen LogP contribution in [0.25, 0.3) is 10.9 Å². The van der Waals surface area contributed by atoms with E-state index in [0.717, 1.165) is 55.7 Å². The number of carbonyl (C=O) groups excluding carboxylic acids is 1. The van der Waals surface area contributed by atoms with Crippen molar-refractivity contribution < 1.29 is 9.53 Å². The maximum absolute atomic E-state index is 10.8. The minimum Gasteiger partial charge on any atom is -0.379 e. The zero-order valence-corrected chi connectivity index (χ0v) is 10.1. The molecular formula is C13H15N3O2. The largest absolute Gasteiger partial charge is 0.379 e. The number of nitrogens with zero attached hydrogens (tertiary/aromatic N) is 2. The van der Waals surface area contributed by atoms with Crippen LogP contribution in [0.3, 0.4) is 0 Å². The highest BCUT2D eigenvalue weighted by Gasteiger charge is 2.14. The topological polar surface area (TPSA) is 58.2 Å². The van der Waals surface area contributed by atoms with Crippen LogP contribution in [0.5, 0.6) is 0 Å². The summed E-state index contributed by atoms with van der Waals surface area (Å²) in [6.07, 6.45) is 0.866. The Morgan fingerprint density at radius 2 is 2.22 bits per heavy atom. The first-order valence-electron chi connectivity index (χ1n) is 6.09. The van der Waals surface area contributed by atoms with Crippen LogP contribution < -0.4 is 0 Å². The lowest BCUT2D eigenvalue weighted by Crippen LogP contribution is -2.35. The van der Waals surface area contributed by atoms with Gasteiger partial charge in [0.2, 0.25) is 0 Å². The van der Waals surface area contributed by atoms with Gasteiger partial charge in [-0.25, -0.2) is 0 Å². The number of aromatic amines is 1. The molecule has 1 aromatic carbocycles. The van der Waals surface area contributed by atoms with Crippen molar-refractivity contribution >= 4 is 17.2 Å². The van der Waals surface area contributed by atoms with Crippen LogP contribution in [0.2, 0.25) is 0 Å². The molecule has 1 aliphatic heterocycles. The molecule has 0 spiro atoms. The number of ether oxygens (including phenoxy) is 1. The second-order valence-electron chi connectivity index (χ2n) is 4.49. The molecule has 2 aromatic rings. The van der Waals surface area contributed by atoms with Gasteiger partial charge in [-0.3, -0.25) is 14.8 Å². The van der Waals surface area contributed by atoms with Crippen LogP contribution in [-0.2, 0) is 11.3 Å². The number of hydrogen-bond acceptors (Lipinski definition) is 4. The number of rotatable bonds is 3. The minimum absolute atomic E-state index is 0.687. The highest BCUT2D eigenvalue weighted by molar-refractivity contribution is 5.88. The molecule has 0 amide bonds. The maximum Gasteiger partial charge on any atom is 0.150 e. The van der Waals surface area contributed by atoms with E-state index in [0.29, 0.717) is 5.56 Å².